The third-order valence-electron chi connectivity index (χ3n) is 5.66. The fourth-order valence-electron chi connectivity index (χ4n) is 3.85. The Morgan fingerprint density at radius 3 is 0.806 bits per heavy atom. The lowest BCUT2D eigenvalue weighted by molar-refractivity contribution is 0.404. The molecule has 3 heteroatoms. The Bertz CT molecular complexity index is 809. The maximum Gasteiger partial charge on any atom is 0.135 e. The first kappa shape index (κ1) is 25.1. The van der Waals surface area contributed by atoms with Crippen LogP contribution in [0.15, 0.2) is 24.3 Å². The van der Waals surface area contributed by atoms with Crippen LogP contribution < -0.4 is 16.2 Å². The van der Waals surface area contributed by atoms with Crippen LogP contribution in [0.1, 0.15) is 105 Å². The summed E-state index contributed by atoms with van der Waals surface area (Å²) in [5.74, 6) is 1.82. The third kappa shape index (κ3) is 5.56. The highest BCUT2D eigenvalue weighted by Gasteiger charge is 2.32. The molecule has 0 aliphatic carbocycles. The molecule has 3 nitrogen and oxygen atoms in total. The summed E-state index contributed by atoms with van der Waals surface area (Å²) in [6, 6.07) is 8.26. The summed E-state index contributed by atoms with van der Waals surface area (Å²) in [6.07, 6.45) is 0. The van der Waals surface area contributed by atoms with E-state index in [1.807, 2.05) is 0 Å². The lowest BCUT2D eigenvalue weighted by atomic mass is 9.78. The molecule has 2 aromatic rings. The van der Waals surface area contributed by atoms with Crippen molar-refractivity contribution >= 4 is 11.4 Å². The molecule has 0 amide bonds. The molecule has 0 atom stereocenters. The monoisotopic (exact) mass is 424 g/mol. The van der Waals surface area contributed by atoms with Gasteiger partial charge in [0, 0.05) is 33.6 Å². The lowest BCUT2D eigenvalue weighted by Gasteiger charge is -2.34. The van der Waals surface area contributed by atoms with Gasteiger partial charge >= 0.3 is 0 Å². The Balaban J connectivity index is 2.98. The molecule has 0 unspecified atom stereocenters. The normalized spacial score (nSPS) is 13.4. The summed E-state index contributed by atoms with van der Waals surface area (Å²) in [4.78, 5) is 0. The van der Waals surface area contributed by atoms with E-state index in [9.17, 15) is 0 Å². The molecule has 0 aromatic heterocycles. The van der Waals surface area contributed by atoms with Gasteiger partial charge in [-0.05, 0) is 45.9 Å². The van der Waals surface area contributed by atoms with Crippen LogP contribution in [0.4, 0.5) is 11.4 Å². The molecule has 0 heterocycles. The molecule has 0 fully saturated rings. The predicted molar refractivity (Wildman–Crippen MR) is 137 cm³/mol. The third-order valence-corrected chi connectivity index (χ3v) is 5.66. The number of nitrogen functional groups attached to an aromatic ring is 2. The fraction of sp³-hybridized carbons (Fsp3) is 0.571. The van der Waals surface area contributed by atoms with E-state index in [1.54, 1.807) is 0 Å². The molecule has 31 heavy (non-hydrogen) atoms. The van der Waals surface area contributed by atoms with Gasteiger partial charge in [0.2, 0.25) is 0 Å². The quantitative estimate of drug-likeness (QED) is 0.483. The molecule has 4 N–H and O–H groups in total. The number of benzene rings is 2. The second kappa shape index (κ2) is 7.76. The van der Waals surface area contributed by atoms with Gasteiger partial charge in [-0.25, -0.2) is 0 Å². The fourth-order valence-corrected chi connectivity index (χ4v) is 3.85. The van der Waals surface area contributed by atoms with Crippen molar-refractivity contribution in [2.45, 2.75) is 105 Å². The summed E-state index contributed by atoms with van der Waals surface area (Å²) in [6.45, 7) is 26.5. The zero-order valence-corrected chi connectivity index (χ0v) is 21.9. The van der Waals surface area contributed by atoms with Gasteiger partial charge in [-0.15, -0.1) is 0 Å². The van der Waals surface area contributed by atoms with Crippen LogP contribution in [0, 0.1) is 0 Å². The largest absolute Gasteiger partial charge is 0.456 e. The Morgan fingerprint density at radius 2 is 0.645 bits per heavy atom. The van der Waals surface area contributed by atoms with Crippen LogP contribution in [-0.2, 0) is 21.7 Å². The second-order valence-electron chi connectivity index (χ2n) is 13.0. The minimum Gasteiger partial charge on any atom is -0.456 e. The Labute approximate surface area is 190 Å². The molecule has 2 rings (SSSR count). The Hall–Kier alpha value is -2.16. The molecule has 0 bridgehead atoms. The van der Waals surface area contributed by atoms with E-state index in [2.05, 4.69) is 107 Å². The first-order valence-corrected chi connectivity index (χ1v) is 11.3. The molecule has 0 radical (unpaired) electrons. The van der Waals surface area contributed by atoms with Crippen LogP contribution in [0.3, 0.4) is 0 Å². The van der Waals surface area contributed by atoms with Crippen molar-refractivity contribution in [1.29, 1.82) is 0 Å². The maximum atomic E-state index is 7.01. The van der Waals surface area contributed by atoms with Gasteiger partial charge in [0.25, 0.3) is 0 Å². The van der Waals surface area contributed by atoms with E-state index < -0.39 is 0 Å². The van der Waals surface area contributed by atoms with E-state index in [0.29, 0.717) is 0 Å². The van der Waals surface area contributed by atoms with Crippen LogP contribution in [0.5, 0.6) is 11.5 Å². The predicted octanol–water partition coefficient (Wildman–Crippen LogP) is 7.83. The number of anilines is 2. The van der Waals surface area contributed by atoms with E-state index in [4.69, 9.17) is 16.2 Å². The van der Waals surface area contributed by atoms with Gasteiger partial charge in [-0.1, -0.05) is 83.1 Å². The number of hydrogen-bond acceptors (Lipinski definition) is 3. The van der Waals surface area contributed by atoms with Crippen molar-refractivity contribution in [3.63, 3.8) is 0 Å². The molecule has 0 saturated carbocycles. The summed E-state index contributed by atoms with van der Waals surface area (Å²) < 4.78 is 7.01. The van der Waals surface area contributed by atoms with Crippen LogP contribution in [0.2, 0.25) is 0 Å². The van der Waals surface area contributed by atoms with Gasteiger partial charge in [0.15, 0.2) is 0 Å². The molecular formula is C28H44N2O. The SMILES string of the molecule is CC(C)(C)c1cc(N)cc(C(C)(C)C)c1Oc1c(C(C)(C)C)cc(N)cc1C(C)(C)C. The topological polar surface area (TPSA) is 61.3 Å². The van der Waals surface area contributed by atoms with Crippen molar-refractivity contribution in [3.8, 4) is 11.5 Å². The van der Waals surface area contributed by atoms with Crippen LogP contribution >= 0.6 is 0 Å². The van der Waals surface area contributed by atoms with E-state index in [0.717, 1.165) is 45.1 Å². The molecule has 0 saturated heterocycles. The van der Waals surface area contributed by atoms with Gasteiger partial charge < -0.3 is 16.2 Å². The zero-order valence-electron chi connectivity index (χ0n) is 21.9. The molecule has 0 aliphatic rings. The summed E-state index contributed by atoms with van der Waals surface area (Å²) in [5, 5.41) is 0. The maximum absolute atomic E-state index is 7.01. The van der Waals surface area contributed by atoms with E-state index in [1.165, 1.54) is 0 Å². The van der Waals surface area contributed by atoms with Crippen LogP contribution in [0.25, 0.3) is 0 Å². The van der Waals surface area contributed by atoms with Crippen LogP contribution in [-0.4, -0.2) is 0 Å². The molecule has 0 spiro atoms. The Kier molecular flexibility index (Phi) is 6.28. The highest BCUT2D eigenvalue weighted by atomic mass is 16.5. The number of ether oxygens (including phenoxy) is 1. The lowest BCUT2D eigenvalue weighted by Crippen LogP contribution is -2.22. The number of nitrogens with two attached hydrogens (primary N) is 2. The molecule has 2 aromatic carbocycles. The van der Waals surface area contributed by atoms with E-state index in [-0.39, 0.29) is 21.7 Å². The summed E-state index contributed by atoms with van der Waals surface area (Å²) in [5.41, 5.74) is 18.2. The molecular weight excluding hydrogens is 380 g/mol. The highest BCUT2D eigenvalue weighted by Crippen LogP contribution is 2.48. The van der Waals surface area contributed by atoms with Gasteiger partial charge in [-0.3, -0.25) is 0 Å². The minimum atomic E-state index is -0.123. The first-order chi connectivity index (χ1) is 13.7. The Morgan fingerprint density at radius 1 is 0.452 bits per heavy atom. The van der Waals surface area contributed by atoms with Crippen molar-refractivity contribution in [1.82, 2.24) is 0 Å². The standard InChI is InChI=1S/C28H44N2O/c1-25(2,3)19-13-17(29)14-20(26(4,5)6)23(19)31-24-21(27(7,8)9)15-18(30)16-22(24)28(10,11)12/h13-16H,29-30H2,1-12H3. The zero-order chi connectivity index (χ0) is 24.2. The highest BCUT2D eigenvalue weighted by molar-refractivity contribution is 5.63. The van der Waals surface area contributed by atoms with Crippen molar-refractivity contribution < 1.29 is 4.74 Å². The summed E-state index contributed by atoms with van der Waals surface area (Å²) in [7, 11) is 0. The van der Waals surface area contributed by atoms with Crippen molar-refractivity contribution in [2.75, 3.05) is 11.5 Å². The summed E-state index contributed by atoms with van der Waals surface area (Å²) >= 11 is 0. The molecule has 0 aliphatic heterocycles. The first-order valence-electron chi connectivity index (χ1n) is 11.3. The van der Waals surface area contributed by atoms with Gasteiger partial charge in [0.05, 0.1) is 0 Å². The van der Waals surface area contributed by atoms with Crippen molar-refractivity contribution in [2.24, 2.45) is 0 Å². The average molecular weight is 425 g/mol. The van der Waals surface area contributed by atoms with Gasteiger partial charge in [0.1, 0.15) is 11.5 Å². The van der Waals surface area contributed by atoms with Crippen molar-refractivity contribution in [3.05, 3.63) is 46.5 Å². The number of rotatable bonds is 2. The molecule has 172 valence electrons. The second-order valence-corrected chi connectivity index (χ2v) is 13.0. The van der Waals surface area contributed by atoms with E-state index >= 15 is 0 Å². The average Bonchev–Trinajstić information content (AvgIpc) is 2.53. The smallest absolute Gasteiger partial charge is 0.135 e. The van der Waals surface area contributed by atoms with Gasteiger partial charge in [-0.2, -0.15) is 0 Å². The number of hydrogen-bond donors (Lipinski definition) is 2. The minimum absolute atomic E-state index is 0.123.